The topological polar surface area (TPSA) is 93.2 Å². The monoisotopic (exact) mass is 214 g/mol. The standard InChI is InChI=1S/C8H10N2O3S/c1-6-2-4-7(5-3-6)14(11,12)13-8(9)10/h2-5H,1H3,(H3,9,10). The number of nitrogens with two attached hydrogens (primary N) is 1. The van der Waals surface area contributed by atoms with Crippen molar-refractivity contribution in [3.05, 3.63) is 29.8 Å². The van der Waals surface area contributed by atoms with Gasteiger partial charge in [-0.25, -0.2) is 0 Å². The summed E-state index contributed by atoms with van der Waals surface area (Å²) in [4.78, 5) is -0.0155. The average molecular weight is 214 g/mol. The molecular weight excluding hydrogens is 204 g/mol. The van der Waals surface area contributed by atoms with Gasteiger partial charge in [0.05, 0.1) is 0 Å². The van der Waals surface area contributed by atoms with Crippen molar-refractivity contribution < 1.29 is 12.6 Å². The van der Waals surface area contributed by atoms with Crippen molar-refractivity contribution in [2.24, 2.45) is 5.73 Å². The van der Waals surface area contributed by atoms with Crippen LogP contribution >= 0.6 is 0 Å². The van der Waals surface area contributed by atoms with E-state index in [1.54, 1.807) is 12.1 Å². The number of aryl methyl sites for hydroxylation is 1. The Morgan fingerprint density at radius 2 is 1.86 bits per heavy atom. The summed E-state index contributed by atoms with van der Waals surface area (Å²) in [6.45, 7) is 1.84. The molecule has 14 heavy (non-hydrogen) atoms. The molecule has 0 aliphatic carbocycles. The molecule has 6 heteroatoms. The smallest absolute Gasteiger partial charge is 0.341 e. The van der Waals surface area contributed by atoms with Gasteiger partial charge in [0.15, 0.2) is 0 Å². The normalized spacial score (nSPS) is 10.9. The predicted octanol–water partition coefficient (Wildman–Crippen LogP) is 0.594. The van der Waals surface area contributed by atoms with Crippen LogP contribution in [0.3, 0.4) is 0 Å². The third-order valence-electron chi connectivity index (χ3n) is 1.51. The highest BCUT2D eigenvalue weighted by atomic mass is 32.2. The van der Waals surface area contributed by atoms with Crippen molar-refractivity contribution in [2.45, 2.75) is 11.8 Å². The van der Waals surface area contributed by atoms with E-state index in [0.29, 0.717) is 0 Å². The second kappa shape index (κ2) is 3.67. The fourth-order valence-corrected chi connectivity index (χ4v) is 1.67. The van der Waals surface area contributed by atoms with E-state index < -0.39 is 16.1 Å². The highest BCUT2D eigenvalue weighted by molar-refractivity contribution is 7.87. The molecule has 0 atom stereocenters. The summed E-state index contributed by atoms with van der Waals surface area (Å²) in [5.74, 6) is 0. The molecule has 3 N–H and O–H groups in total. The van der Waals surface area contributed by atoms with Crippen molar-refractivity contribution in [3.63, 3.8) is 0 Å². The van der Waals surface area contributed by atoms with Crippen molar-refractivity contribution in [1.29, 1.82) is 5.41 Å². The van der Waals surface area contributed by atoms with E-state index in [1.807, 2.05) is 6.92 Å². The molecule has 0 unspecified atom stereocenters. The van der Waals surface area contributed by atoms with Crippen LogP contribution in [0, 0.1) is 12.3 Å². The second-order valence-electron chi connectivity index (χ2n) is 2.71. The van der Waals surface area contributed by atoms with Crippen LogP contribution in [0.15, 0.2) is 29.2 Å². The summed E-state index contributed by atoms with van der Waals surface area (Å²) in [6, 6.07) is 5.22. The van der Waals surface area contributed by atoms with Crippen LogP contribution in [-0.2, 0) is 14.3 Å². The number of benzene rings is 1. The molecule has 0 spiro atoms. The van der Waals surface area contributed by atoms with Gasteiger partial charge in [0.1, 0.15) is 4.90 Å². The number of hydrogen-bond donors (Lipinski definition) is 2. The Labute approximate surface area is 82.1 Å². The Morgan fingerprint density at radius 3 is 2.29 bits per heavy atom. The first kappa shape index (κ1) is 10.5. The molecule has 0 amide bonds. The Bertz CT molecular complexity index is 436. The summed E-state index contributed by atoms with van der Waals surface area (Å²) < 4.78 is 26.8. The van der Waals surface area contributed by atoms with Gasteiger partial charge in [0.25, 0.3) is 6.02 Å². The SMILES string of the molecule is Cc1ccc(S(=O)(=O)OC(=N)N)cc1. The van der Waals surface area contributed by atoms with E-state index in [2.05, 4.69) is 4.18 Å². The number of nitrogens with one attached hydrogen (secondary N) is 1. The number of rotatable bonds is 2. The van der Waals surface area contributed by atoms with Crippen molar-refractivity contribution in [1.82, 2.24) is 0 Å². The quantitative estimate of drug-likeness (QED) is 0.428. The third-order valence-corrected chi connectivity index (χ3v) is 2.76. The zero-order valence-corrected chi connectivity index (χ0v) is 8.34. The fraction of sp³-hybridized carbons (Fsp3) is 0.125. The molecule has 76 valence electrons. The molecule has 1 rings (SSSR count). The first-order valence-electron chi connectivity index (χ1n) is 3.77. The van der Waals surface area contributed by atoms with E-state index in [1.165, 1.54) is 12.1 Å². The van der Waals surface area contributed by atoms with Crippen LogP contribution in [-0.4, -0.2) is 14.4 Å². The maximum atomic E-state index is 11.3. The van der Waals surface area contributed by atoms with Crippen LogP contribution < -0.4 is 5.73 Å². The average Bonchev–Trinajstić information content (AvgIpc) is 2.02. The lowest BCUT2D eigenvalue weighted by molar-refractivity contribution is 0.476. The summed E-state index contributed by atoms with van der Waals surface area (Å²) in [5, 5.41) is 6.72. The lowest BCUT2D eigenvalue weighted by atomic mass is 10.2. The molecule has 0 fully saturated rings. The third kappa shape index (κ3) is 2.46. The molecule has 0 heterocycles. The first-order valence-corrected chi connectivity index (χ1v) is 5.18. The molecule has 0 aliphatic heterocycles. The van der Waals surface area contributed by atoms with Gasteiger partial charge >= 0.3 is 10.1 Å². The van der Waals surface area contributed by atoms with E-state index in [4.69, 9.17) is 11.1 Å². The number of hydrogen-bond acceptors (Lipinski definition) is 4. The van der Waals surface area contributed by atoms with Gasteiger partial charge in [-0.05, 0) is 19.1 Å². The lowest BCUT2D eigenvalue weighted by Crippen LogP contribution is -2.19. The van der Waals surface area contributed by atoms with Gasteiger partial charge in [-0.15, -0.1) is 0 Å². The zero-order chi connectivity index (χ0) is 10.8. The number of amidine groups is 1. The van der Waals surface area contributed by atoms with Crippen molar-refractivity contribution in [2.75, 3.05) is 0 Å². The molecule has 1 aromatic carbocycles. The zero-order valence-electron chi connectivity index (χ0n) is 7.52. The van der Waals surface area contributed by atoms with Gasteiger partial charge in [0, 0.05) is 0 Å². The molecular formula is C8H10N2O3S. The molecule has 1 aromatic rings. The summed E-state index contributed by atoms with van der Waals surface area (Å²) in [6.07, 6.45) is 0. The van der Waals surface area contributed by atoms with Gasteiger partial charge in [0.2, 0.25) is 0 Å². The van der Waals surface area contributed by atoms with E-state index in [9.17, 15) is 8.42 Å². The highest BCUT2D eigenvalue weighted by Crippen LogP contribution is 2.12. The minimum absolute atomic E-state index is 0.0155. The van der Waals surface area contributed by atoms with Crippen LogP contribution in [0.2, 0.25) is 0 Å². The Kier molecular flexibility index (Phi) is 2.76. The molecule has 0 aliphatic rings. The maximum absolute atomic E-state index is 11.3. The van der Waals surface area contributed by atoms with Crippen LogP contribution in [0.1, 0.15) is 5.56 Å². The lowest BCUT2D eigenvalue weighted by Gasteiger charge is -2.04. The van der Waals surface area contributed by atoms with Gasteiger partial charge in [-0.3, -0.25) is 5.41 Å². The Hall–Kier alpha value is -1.56. The van der Waals surface area contributed by atoms with Gasteiger partial charge < -0.3 is 9.92 Å². The predicted molar refractivity (Wildman–Crippen MR) is 51.4 cm³/mol. The highest BCUT2D eigenvalue weighted by Gasteiger charge is 2.16. The summed E-state index contributed by atoms with van der Waals surface area (Å²) >= 11 is 0. The van der Waals surface area contributed by atoms with Gasteiger partial charge in [-0.1, -0.05) is 17.7 Å². The minimum atomic E-state index is -3.93. The second-order valence-corrected chi connectivity index (χ2v) is 4.26. The fourth-order valence-electron chi connectivity index (χ4n) is 0.871. The van der Waals surface area contributed by atoms with Crippen LogP contribution in [0.5, 0.6) is 0 Å². The van der Waals surface area contributed by atoms with E-state index >= 15 is 0 Å². The van der Waals surface area contributed by atoms with Crippen molar-refractivity contribution in [3.8, 4) is 0 Å². The Morgan fingerprint density at radius 1 is 1.36 bits per heavy atom. The summed E-state index contributed by atoms with van der Waals surface area (Å²) in [7, 11) is -3.93. The largest absolute Gasteiger partial charge is 0.353 e. The molecule has 0 bridgehead atoms. The Balaban J connectivity index is 3.05. The van der Waals surface area contributed by atoms with E-state index in [0.717, 1.165) is 5.56 Å². The minimum Gasteiger partial charge on any atom is -0.353 e. The van der Waals surface area contributed by atoms with E-state index in [-0.39, 0.29) is 4.90 Å². The first-order chi connectivity index (χ1) is 6.42. The van der Waals surface area contributed by atoms with Crippen LogP contribution in [0.4, 0.5) is 0 Å². The van der Waals surface area contributed by atoms with Crippen molar-refractivity contribution >= 4 is 16.1 Å². The molecule has 0 saturated heterocycles. The molecule has 0 radical (unpaired) electrons. The molecule has 0 aromatic heterocycles. The maximum Gasteiger partial charge on any atom is 0.341 e. The molecule has 5 nitrogen and oxygen atoms in total. The van der Waals surface area contributed by atoms with Gasteiger partial charge in [-0.2, -0.15) is 8.42 Å². The molecule has 0 saturated carbocycles. The van der Waals surface area contributed by atoms with Crippen LogP contribution in [0.25, 0.3) is 0 Å². The summed E-state index contributed by atoms with van der Waals surface area (Å²) in [5.41, 5.74) is 5.76.